The normalized spacial score (nSPS) is 20.0. The van der Waals surface area contributed by atoms with E-state index in [9.17, 15) is 53.1 Å². The number of hydrogen-bond donors (Lipinski definition) is 12. The van der Waals surface area contributed by atoms with Gasteiger partial charge in [-0.15, -0.1) is 22.7 Å². The third-order valence-corrected chi connectivity index (χ3v) is 29.7. The molecule has 8 aromatic rings. The van der Waals surface area contributed by atoms with Gasteiger partial charge >= 0.3 is 0 Å². The van der Waals surface area contributed by atoms with Crippen molar-refractivity contribution in [2.24, 2.45) is 33.8 Å². The summed E-state index contributed by atoms with van der Waals surface area (Å²) in [5, 5.41) is 31.8. The zero-order valence-corrected chi connectivity index (χ0v) is 83.6. The second-order valence-electron chi connectivity index (χ2n) is 40.5. The third kappa shape index (κ3) is 25.6. The lowest BCUT2D eigenvalue weighted by atomic mass is 9.85. The van der Waals surface area contributed by atoms with Crippen LogP contribution in [0.15, 0.2) is 138 Å². The number of para-hydroxylation sites is 1. The number of aromatic nitrogens is 2. The molecule has 33 nitrogen and oxygen atoms in total. The number of carbonyl (C=O) groups excluding carboxylic acids is 13. The highest BCUT2D eigenvalue weighted by molar-refractivity contribution is 7.13. The standard InChI is InChI=1S/C106H133N17O16S2/c1-59(66-34-36-69(37-35-66)93-61(3)113-58-141-93)114-98(131)82-53-75(56-121(82)104(137)95(106(8,9)10)119-89(128)28-15-11-13-20-63-22-17-26-72(48-63)115-96(129)80(44-47-87(110)126)117-100(133)83-50-70-25-19-24-67-38-41-77(107)101(134)122(83)90(67)70)139-85-45-39-71-51-84(123-91(71)76(85)40-42-78(108)102(123)135)99(132)116-79(43-46-86(109)125)62(4)138-74-27-18-23-64(49-74)21-14-12-16-29-88(127)118-94(105(5,6)7)103(136)120-55-73(124)52-81(120)97(130)111-54-65-30-32-68(33-31-65)92-60(2)112-57-140-92/h17-19,22-27,30-37,39,45,48-49,57-59,62,73,75,77-84,94-95,124H,11-16,20-21,28-29,38,40-44,46-47,50-56,107-108H2,1-10H3,(H2,109,125)(H2,110,126)(H,111,130)(H,114,131)(H,115,129)(H,116,132)(H,117,133)(H,118,127)(H,119,128)/t59-,62+,73+,75+,77-,78-,79-,80-,81-,82-,83-,84-,94+,95+/m0/s1. The highest BCUT2D eigenvalue weighted by Crippen LogP contribution is 2.46. The van der Waals surface area contributed by atoms with Crippen molar-refractivity contribution in [1.82, 2.24) is 51.7 Å². The number of ether oxygens (including phenoxy) is 2. The number of β-amino-alcohol motifs (C(OH)–C–C–N with tert-alkyl or cyclic N) is 1. The molecule has 14 rings (SSSR count). The Morgan fingerprint density at radius 2 is 1.06 bits per heavy atom. The molecule has 16 N–H and O–H groups in total. The monoisotopic (exact) mass is 1960 g/mol. The number of nitrogens with two attached hydrogens (primary N) is 4. The molecule has 141 heavy (non-hydrogen) atoms. The molecule has 2 fully saturated rings. The van der Waals surface area contributed by atoms with E-state index in [1.165, 1.54) is 30.9 Å². The zero-order valence-electron chi connectivity index (χ0n) is 81.9. The number of aliphatic hydroxyl groups excluding tert-OH is 1. The Bertz CT molecular complexity index is 5950. The van der Waals surface area contributed by atoms with Crippen LogP contribution in [0, 0.1) is 24.7 Å². The summed E-state index contributed by atoms with van der Waals surface area (Å²) in [5.74, 6) is -5.41. The van der Waals surface area contributed by atoms with Crippen molar-refractivity contribution in [3.63, 3.8) is 0 Å². The van der Waals surface area contributed by atoms with Gasteiger partial charge in [0.05, 0.1) is 80.4 Å². The molecule has 8 heterocycles. The fourth-order valence-electron chi connectivity index (χ4n) is 19.9. The molecule has 0 aliphatic carbocycles. The summed E-state index contributed by atoms with van der Waals surface area (Å²) in [6, 6.07) is 29.2. The predicted octanol–water partition coefficient (Wildman–Crippen LogP) is 9.69. The molecule has 14 atom stereocenters. The molecule has 35 heteroatoms. The minimum atomic E-state index is -1.18. The maximum absolute atomic E-state index is 15.6. The van der Waals surface area contributed by atoms with Gasteiger partial charge in [0.25, 0.3) is 0 Å². The molecule has 0 radical (unpaired) electrons. The number of nitrogens with one attached hydrogen (secondary N) is 7. The summed E-state index contributed by atoms with van der Waals surface area (Å²) in [4.78, 5) is 200. The van der Waals surface area contributed by atoms with Gasteiger partial charge < -0.3 is 84.5 Å². The molecule has 13 amide bonds. The number of anilines is 3. The first kappa shape index (κ1) is 104. The van der Waals surface area contributed by atoms with Crippen molar-refractivity contribution in [2.45, 2.75) is 302 Å². The predicted molar refractivity (Wildman–Crippen MR) is 539 cm³/mol. The van der Waals surface area contributed by atoms with Gasteiger partial charge in [-0.05, 0) is 196 Å². The summed E-state index contributed by atoms with van der Waals surface area (Å²) in [6.45, 7) is 18.7. The molecule has 6 aliphatic rings. The van der Waals surface area contributed by atoms with Crippen LogP contribution in [0.2, 0.25) is 0 Å². The largest absolute Gasteiger partial charge is 0.489 e. The van der Waals surface area contributed by atoms with Gasteiger partial charge in [-0.3, -0.25) is 72.1 Å². The number of thiazole rings is 2. The van der Waals surface area contributed by atoms with E-state index in [1.807, 2.05) is 159 Å². The molecular weight excluding hydrogens is 1830 g/mol. The van der Waals surface area contributed by atoms with Crippen LogP contribution < -0.4 is 79.4 Å². The van der Waals surface area contributed by atoms with E-state index in [2.05, 4.69) is 47.2 Å². The summed E-state index contributed by atoms with van der Waals surface area (Å²) < 4.78 is 13.6. The van der Waals surface area contributed by atoms with Crippen LogP contribution in [-0.2, 0) is 107 Å². The van der Waals surface area contributed by atoms with Crippen LogP contribution in [0.3, 0.4) is 0 Å². The number of primary amides is 2. The number of unbranched alkanes of at least 4 members (excludes halogenated alkanes) is 4. The van der Waals surface area contributed by atoms with Crippen LogP contribution in [0.4, 0.5) is 17.1 Å². The number of rotatable bonds is 41. The van der Waals surface area contributed by atoms with Gasteiger partial charge in [0.2, 0.25) is 76.8 Å². The smallest absolute Gasteiger partial charge is 0.246 e. The molecule has 0 unspecified atom stereocenters. The first-order valence-corrected chi connectivity index (χ1v) is 50.9. The third-order valence-electron chi connectivity index (χ3n) is 27.7. The molecule has 0 bridgehead atoms. The van der Waals surface area contributed by atoms with E-state index in [-0.39, 0.29) is 114 Å². The Morgan fingerprint density at radius 1 is 0.532 bits per heavy atom. The summed E-state index contributed by atoms with van der Waals surface area (Å²) in [5.41, 5.74) is 38.3. The number of benzene rings is 6. The summed E-state index contributed by atoms with van der Waals surface area (Å²) in [6.07, 6.45) is 4.09. The van der Waals surface area contributed by atoms with E-state index in [1.54, 1.807) is 59.6 Å². The molecule has 2 aromatic heterocycles. The number of aliphatic hydroxyl groups is 1. The number of carbonyl (C=O) groups is 13. The zero-order chi connectivity index (χ0) is 101. The first-order chi connectivity index (χ1) is 67.2. The lowest BCUT2D eigenvalue weighted by Crippen LogP contribution is -2.57. The average molecular weight is 1970 g/mol. The molecule has 750 valence electrons. The Hall–Kier alpha value is -12.8. The van der Waals surface area contributed by atoms with Crippen LogP contribution in [0.1, 0.15) is 220 Å². The van der Waals surface area contributed by atoms with Crippen LogP contribution in [-0.4, -0.2) is 193 Å². The van der Waals surface area contributed by atoms with Gasteiger partial charge in [-0.2, -0.15) is 0 Å². The van der Waals surface area contributed by atoms with Crippen molar-refractivity contribution < 1.29 is 76.9 Å². The second kappa shape index (κ2) is 45.8. The number of aryl methyl sites for hydroxylation is 5. The number of nitrogens with zero attached hydrogens (tertiary/aromatic N) is 6. The van der Waals surface area contributed by atoms with Gasteiger partial charge in [-0.1, -0.05) is 151 Å². The Labute approximate surface area is 830 Å². The van der Waals surface area contributed by atoms with Crippen molar-refractivity contribution >= 4 is 117 Å². The summed E-state index contributed by atoms with van der Waals surface area (Å²) >= 11 is 3.08. The first-order valence-electron chi connectivity index (χ1n) is 49.1. The molecule has 2 saturated heterocycles. The second-order valence-corrected chi connectivity index (χ2v) is 42.2. The van der Waals surface area contributed by atoms with E-state index < -0.39 is 155 Å². The van der Waals surface area contributed by atoms with Crippen molar-refractivity contribution in [1.29, 1.82) is 0 Å². The van der Waals surface area contributed by atoms with E-state index in [4.69, 9.17) is 32.4 Å². The fraction of sp³-hybridized carbons (Fsp3) is 0.481. The Morgan fingerprint density at radius 3 is 1.65 bits per heavy atom. The molecule has 0 saturated carbocycles. The highest BCUT2D eigenvalue weighted by atomic mass is 32.1. The van der Waals surface area contributed by atoms with Gasteiger partial charge in [0, 0.05) is 75.7 Å². The summed E-state index contributed by atoms with van der Waals surface area (Å²) in [7, 11) is 0. The van der Waals surface area contributed by atoms with Crippen molar-refractivity contribution in [3.05, 3.63) is 194 Å². The lowest BCUT2D eigenvalue weighted by Gasteiger charge is -2.35. The topological polar surface area (TPSA) is 488 Å². The molecule has 6 aliphatic heterocycles. The van der Waals surface area contributed by atoms with Crippen LogP contribution in [0.5, 0.6) is 11.5 Å². The highest BCUT2D eigenvalue weighted by Gasteiger charge is 2.51. The maximum atomic E-state index is 15.6. The minimum absolute atomic E-state index is 0.0296. The molecular formula is C106H133N17O16S2. The van der Waals surface area contributed by atoms with E-state index in [0.717, 1.165) is 65.6 Å². The number of hydrogen-bond acceptors (Lipinski definition) is 22. The van der Waals surface area contributed by atoms with Gasteiger partial charge in [0.1, 0.15) is 66.0 Å². The Kier molecular flexibility index (Phi) is 33.8. The van der Waals surface area contributed by atoms with Crippen LogP contribution in [0.25, 0.3) is 20.9 Å². The SMILES string of the molecule is Cc1ncsc1-c1ccc(CNC(=O)[C@@H]2C[C@@H](O)CN2C(=O)[C@@H](NC(=O)CCCCCc2cccc(O[C@H](C)[C@H](CCC(N)=O)NC(=O)[C@@H]3Cc4ccc(O[C@@H]5C[C@@H](C(=O)N[C@@H](C)c6ccc(-c7scnc7C)cc6)N(C(=O)[C@@H](NC(=O)CCCCCc6cccc(NC(=O)[C@H](CCC(N)=O)NC(=O)[C@@H]7Cc8cccc9c8N7C(=O)[C@@H](N)CC9)c6)C(C)(C)C)C5)c5c4N3C(=O)[C@@H](N)CC5)c2)C(C)(C)C)cc1. The Balaban J connectivity index is 0.587. The number of likely N-dealkylation sites (tertiary alicyclic amines) is 2. The van der Waals surface area contributed by atoms with E-state index >= 15 is 14.4 Å². The fourth-order valence-corrected chi connectivity index (χ4v) is 21.5. The van der Waals surface area contributed by atoms with Crippen molar-refractivity contribution in [3.8, 4) is 32.4 Å². The quantitative estimate of drug-likeness (QED) is 0.0159. The molecule has 0 spiro atoms. The van der Waals surface area contributed by atoms with Gasteiger partial charge in [0.15, 0.2) is 0 Å². The lowest BCUT2D eigenvalue weighted by molar-refractivity contribution is -0.144. The minimum Gasteiger partial charge on any atom is -0.489 e. The van der Waals surface area contributed by atoms with E-state index in [0.29, 0.717) is 104 Å². The molecule has 6 aromatic carbocycles. The van der Waals surface area contributed by atoms with Crippen LogP contribution >= 0.6 is 22.7 Å². The van der Waals surface area contributed by atoms with Crippen molar-refractivity contribution in [2.75, 3.05) is 28.2 Å². The van der Waals surface area contributed by atoms with Gasteiger partial charge in [-0.25, -0.2) is 9.97 Å². The maximum Gasteiger partial charge on any atom is 0.246 e. The average Bonchev–Trinajstić information content (AvgIpc) is 1.59. The number of amides is 13.